The van der Waals surface area contributed by atoms with Crippen molar-refractivity contribution in [3.63, 3.8) is 0 Å². The molecule has 7 nitrogen and oxygen atoms in total. The molecule has 10 heteroatoms. The number of anilines is 1. The van der Waals surface area contributed by atoms with Crippen LogP contribution in [0, 0.1) is 5.82 Å². The van der Waals surface area contributed by atoms with Crippen molar-refractivity contribution in [2.24, 2.45) is 5.10 Å². The lowest BCUT2D eigenvalue weighted by atomic mass is 10.2. The van der Waals surface area contributed by atoms with E-state index in [4.69, 9.17) is 16.3 Å². The predicted octanol–water partition coefficient (Wildman–Crippen LogP) is 4.44. The maximum absolute atomic E-state index is 13.7. The summed E-state index contributed by atoms with van der Waals surface area (Å²) in [5.74, 6) is -0.559. The van der Waals surface area contributed by atoms with Crippen molar-refractivity contribution in [2.75, 3.05) is 11.3 Å². The smallest absolute Gasteiger partial charge is 0.271 e. The lowest BCUT2D eigenvalue weighted by Gasteiger charge is -2.09. The van der Waals surface area contributed by atoms with E-state index in [1.54, 1.807) is 12.1 Å². The van der Waals surface area contributed by atoms with Crippen LogP contribution in [0.3, 0.4) is 0 Å². The lowest BCUT2D eigenvalue weighted by molar-refractivity contribution is 0.0955. The maximum Gasteiger partial charge on any atom is 0.271 e. The van der Waals surface area contributed by atoms with Crippen molar-refractivity contribution in [1.82, 2.24) is 5.43 Å². The Hall–Kier alpha value is -3.43. The Balaban J connectivity index is 1.64. The molecule has 0 saturated carbocycles. The van der Waals surface area contributed by atoms with E-state index in [0.717, 1.165) is 6.21 Å². The second-order valence-electron chi connectivity index (χ2n) is 6.42. The first kappa shape index (κ1) is 23.2. The van der Waals surface area contributed by atoms with Gasteiger partial charge in [0.05, 0.1) is 22.7 Å². The summed E-state index contributed by atoms with van der Waals surface area (Å²) in [6, 6.07) is 15.9. The van der Waals surface area contributed by atoms with Crippen LogP contribution >= 0.6 is 11.6 Å². The van der Waals surface area contributed by atoms with Gasteiger partial charge in [-0.1, -0.05) is 17.7 Å². The number of carbonyl (C=O) groups excluding carboxylic acids is 1. The summed E-state index contributed by atoms with van der Waals surface area (Å²) in [7, 11) is -3.81. The molecular formula is C22H19ClFN3O4S. The summed E-state index contributed by atoms with van der Waals surface area (Å²) in [6.07, 6.45) is 1.11. The molecule has 0 aliphatic rings. The van der Waals surface area contributed by atoms with Gasteiger partial charge in [-0.25, -0.2) is 18.2 Å². The molecule has 0 aliphatic heterocycles. The van der Waals surface area contributed by atoms with Gasteiger partial charge < -0.3 is 4.74 Å². The minimum atomic E-state index is -3.81. The van der Waals surface area contributed by atoms with Crippen LogP contribution in [0.4, 0.5) is 10.1 Å². The molecule has 0 aromatic heterocycles. The SMILES string of the molecule is CCOc1ccc(S(=O)(=O)Nc2ccc(C(=O)N/N=C\c3c(F)cccc3Cl)cc2)cc1. The largest absolute Gasteiger partial charge is 0.494 e. The Morgan fingerprint density at radius 3 is 2.41 bits per heavy atom. The first-order valence-corrected chi connectivity index (χ1v) is 11.3. The van der Waals surface area contributed by atoms with E-state index < -0.39 is 21.7 Å². The number of carbonyl (C=O) groups is 1. The molecule has 32 heavy (non-hydrogen) atoms. The van der Waals surface area contributed by atoms with E-state index in [0.29, 0.717) is 12.4 Å². The number of sulfonamides is 1. The van der Waals surface area contributed by atoms with Gasteiger partial charge in [-0.15, -0.1) is 0 Å². The summed E-state index contributed by atoms with van der Waals surface area (Å²) < 4.78 is 46.5. The van der Waals surface area contributed by atoms with Crippen molar-refractivity contribution in [2.45, 2.75) is 11.8 Å². The van der Waals surface area contributed by atoms with Crippen molar-refractivity contribution >= 4 is 39.4 Å². The van der Waals surface area contributed by atoms with Crippen molar-refractivity contribution in [1.29, 1.82) is 0 Å². The molecule has 3 rings (SSSR count). The number of hydrogen-bond acceptors (Lipinski definition) is 5. The van der Waals surface area contributed by atoms with Gasteiger partial charge in [-0.3, -0.25) is 9.52 Å². The number of hydrazone groups is 1. The highest BCUT2D eigenvalue weighted by atomic mass is 35.5. The van der Waals surface area contributed by atoms with Gasteiger partial charge >= 0.3 is 0 Å². The van der Waals surface area contributed by atoms with Crippen molar-refractivity contribution in [3.05, 3.63) is 88.7 Å². The van der Waals surface area contributed by atoms with Crippen LogP contribution < -0.4 is 14.9 Å². The third kappa shape index (κ3) is 5.83. The van der Waals surface area contributed by atoms with Crippen LogP contribution in [-0.2, 0) is 10.0 Å². The Morgan fingerprint density at radius 1 is 1.09 bits per heavy atom. The summed E-state index contributed by atoms with van der Waals surface area (Å²) in [5.41, 5.74) is 2.82. The van der Waals surface area contributed by atoms with Crippen LogP contribution in [0.2, 0.25) is 5.02 Å². The maximum atomic E-state index is 13.7. The number of hydrogen-bond donors (Lipinski definition) is 2. The molecule has 0 radical (unpaired) electrons. The minimum absolute atomic E-state index is 0.0495. The normalized spacial score (nSPS) is 11.3. The van der Waals surface area contributed by atoms with E-state index in [1.807, 2.05) is 6.92 Å². The molecule has 3 aromatic carbocycles. The lowest BCUT2D eigenvalue weighted by Crippen LogP contribution is -2.18. The second kappa shape index (κ2) is 10.3. The highest BCUT2D eigenvalue weighted by Gasteiger charge is 2.15. The third-order valence-corrected chi connectivity index (χ3v) is 5.93. The number of nitrogens with zero attached hydrogens (tertiary/aromatic N) is 1. The van der Waals surface area contributed by atoms with Crippen molar-refractivity contribution < 1.29 is 22.3 Å². The molecular weight excluding hydrogens is 457 g/mol. The summed E-state index contributed by atoms with van der Waals surface area (Å²) in [5, 5.41) is 3.87. The van der Waals surface area contributed by atoms with E-state index in [2.05, 4.69) is 15.2 Å². The Morgan fingerprint density at radius 2 is 1.78 bits per heavy atom. The van der Waals surface area contributed by atoms with Gasteiger partial charge in [-0.2, -0.15) is 5.10 Å². The quantitative estimate of drug-likeness (QED) is 0.371. The van der Waals surface area contributed by atoms with E-state index >= 15 is 0 Å². The van der Waals surface area contributed by atoms with Gasteiger partial charge in [0.25, 0.3) is 15.9 Å². The fraction of sp³-hybridized carbons (Fsp3) is 0.0909. The Labute approximate surface area is 189 Å². The van der Waals surface area contributed by atoms with Gasteiger partial charge in [0.1, 0.15) is 11.6 Å². The third-order valence-electron chi connectivity index (χ3n) is 4.20. The van der Waals surface area contributed by atoms with Crippen LogP contribution in [0.15, 0.2) is 76.7 Å². The average Bonchev–Trinajstić information content (AvgIpc) is 2.76. The van der Waals surface area contributed by atoms with Gasteiger partial charge in [0, 0.05) is 16.8 Å². The predicted molar refractivity (Wildman–Crippen MR) is 121 cm³/mol. The molecule has 166 valence electrons. The zero-order valence-corrected chi connectivity index (χ0v) is 18.5. The first-order chi connectivity index (χ1) is 15.3. The molecule has 0 atom stereocenters. The van der Waals surface area contributed by atoms with Crippen LogP contribution in [0.1, 0.15) is 22.8 Å². The summed E-state index contributed by atoms with van der Waals surface area (Å²) in [6.45, 7) is 2.31. The van der Waals surface area contributed by atoms with Crippen LogP contribution in [0.5, 0.6) is 5.75 Å². The number of ether oxygens (including phenoxy) is 1. The molecule has 0 saturated heterocycles. The number of amides is 1. The number of rotatable bonds is 8. The van der Waals surface area contributed by atoms with E-state index in [9.17, 15) is 17.6 Å². The number of halogens is 2. The number of benzene rings is 3. The molecule has 0 bridgehead atoms. The average molecular weight is 476 g/mol. The van der Waals surface area contributed by atoms with Gasteiger partial charge in [-0.05, 0) is 67.6 Å². The molecule has 2 N–H and O–H groups in total. The molecule has 0 fully saturated rings. The van der Waals surface area contributed by atoms with Crippen molar-refractivity contribution in [3.8, 4) is 5.75 Å². The summed E-state index contributed by atoms with van der Waals surface area (Å²) in [4.78, 5) is 12.3. The van der Waals surface area contributed by atoms with Gasteiger partial charge in [0.15, 0.2) is 0 Å². The molecule has 0 aliphatic carbocycles. The van der Waals surface area contributed by atoms with Crippen LogP contribution in [-0.4, -0.2) is 27.1 Å². The molecule has 0 heterocycles. The summed E-state index contributed by atoms with van der Waals surface area (Å²) >= 11 is 5.89. The monoisotopic (exact) mass is 475 g/mol. The molecule has 0 spiro atoms. The number of nitrogens with one attached hydrogen (secondary N) is 2. The topological polar surface area (TPSA) is 96.9 Å². The van der Waals surface area contributed by atoms with E-state index in [1.165, 1.54) is 54.6 Å². The zero-order valence-electron chi connectivity index (χ0n) is 16.9. The highest BCUT2D eigenvalue weighted by Crippen LogP contribution is 2.20. The van der Waals surface area contributed by atoms with Crippen LogP contribution in [0.25, 0.3) is 0 Å². The highest BCUT2D eigenvalue weighted by molar-refractivity contribution is 7.92. The fourth-order valence-electron chi connectivity index (χ4n) is 2.64. The minimum Gasteiger partial charge on any atom is -0.494 e. The standard InChI is InChI=1S/C22H19ClFN3O4S/c1-2-31-17-10-12-18(13-11-17)32(29,30)27-16-8-6-15(7-9-16)22(28)26-25-14-19-20(23)4-3-5-21(19)24/h3-14,27H,2H2,1H3,(H,26,28)/b25-14-. The molecule has 1 amide bonds. The van der Waals surface area contributed by atoms with E-state index in [-0.39, 0.29) is 26.7 Å². The Kier molecular flexibility index (Phi) is 7.45. The fourth-order valence-corrected chi connectivity index (χ4v) is 3.91. The second-order valence-corrected chi connectivity index (χ2v) is 8.51. The Bertz CT molecular complexity index is 1210. The molecule has 3 aromatic rings. The van der Waals surface area contributed by atoms with Gasteiger partial charge in [0.2, 0.25) is 0 Å². The zero-order chi connectivity index (χ0) is 23.1. The first-order valence-electron chi connectivity index (χ1n) is 9.43. The molecule has 0 unspecified atom stereocenters.